The second kappa shape index (κ2) is 10.0. The van der Waals surface area contributed by atoms with Crippen LogP contribution in [0.1, 0.15) is 0 Å². The summed E-state index contributed by atoms with van der Waals surface area (Å²) in [5.41, 5.74) is 6.50. The van der Waals surface area contributed by atoms with E-state index in [1.807, 2.05) is 72.8 Å². The Kier molecular flexibility index (Phi) is 5.78. The second-order valence-electron chi connectivity index (χ2n) is 11.6. The molecule has 9 aromatic rings. The van der Waals surface area contributed by atoms with Crippen LogP contribution in [0.3, 0.4) is 0 Å². The Labute approximate surface area is 260 Å². The van der Waals surface area contributed by atoms with E-state index in [4.69, 9.17) is 4.98 Å². The molecule has 0 atom stereocenters. The summed E-state index contributed by atoms with van der Waals surface area (Å²) in [5, 5.41) is 8.23. The van der Waals surface area contributed by atoms with Gasteiger partial charge in [0.2, 0.25) is 0 Å². The molecule has 0 aliphatic rings. The fraction of sp³-hybridized carbons (Fsp3) is 0. The summed E-state index contributed by atoms with van der Waals surface area (Å²) in [6, 6.07) is 56.1. The van der Waals surface area contributed by atoms with Crippen molar-refractivity contribution in [2.24, 2.45) is 0 Å². The van der Waals surface area contributed by atoms with Gasteiger partial charge in [-0.1, -0.05) is 127 Å². The number of rotatable bonds is 4. The van der Waals surface area contributed by atoms with E-state index < -0.39 is 7.14 Å². The zero-order valence-corrected chi connectivity index (χ0v) is 25.2. The molecule has 0 bridgehead atoms. The predicted molar refractivity (Wildman–Crippen MR) is 190 cm³/mol. The third-order valence-corrected chi connectivity index (χ3v) is 12.1. The van der Waals surface area contributed by atoms with Gasteiger partial charge in [0.25, 0.3) is 0 Å². The summed E-state index contributed by atoms with van der Waals surface area (Å²) in [4.78, 5) is 5.10. The van der Waals surface area contributed by atoms with Crippen LogP contribution in [0.2, 0.25) is 0 Å². The van der Waals surface area contributed by atoms with Crippen LogP contribution < -0.4 is 15.9 Å². The molecule has 0 saturated carbocycles. The number of aromatic nitrogens is 2. The molecule has 3 nitrogen and oxygen atoms in total. The highest BCUT2D eigenvalue weighted by Crippen LogP contribution is 2.43. The van der Waals surface area contributed by atoms with Crippen molar-refractivity contribution in [1.82, 2.24) is 9.38 Å². The third-order valence-electron chi connectivity index (χ3n) is 9.02. The van der Waals surface area contributed by atoms with Crippen molar-refractivity contribution in [1.29, 1.82) is 0 Å². The van der Waals surface area contributed by atoms with E-state index in [-0.39, 0.29) is 0 Å². The maximum Gasteiger partial charge on any atom is 0.171 e. The number of hydrogen-bond donors (Lipinski definition) is 0. The van der Waals surface area contributed by atoms with Crippen molar-refractivity contribution >= 4 is 72.2 Å². The van der Waals surface area contributed by atoms with Gasteiger partial charge in [0.05, 0.1) is 16.6 Å². The highest BCUT2D eigenvalue weighted by molar-refractivity contribution is 7.85. The number of benzene rings is 7. The molecular formula is C41H27N2OP. The van der Waals surface area contributed by atoms with Gasteiger partial charge in [-0.05, 0) is 63.7 Å². The van der Waals surface area contributed by atoms with Crippen molar-refractivity contribution in [3.8, 4) is 11.1 Å². The van der Waals surface area contributed by atoms with Gasteiger partial charge < -0.3 is 4.57 Å². The first-order chi connectivity index (χ1) is 22.2. The molecule has 4 heteroatoms. The van der Waals surface area contributed by atoms with Crippen molar-refractivity contribution in [2.45, 2.75) is 0 Å². The van der Waals surface area contributed by atoms with Crippen LogP contribution in [-0.2, 0) is 4.57 Å². The van der Waals surface area contributed by atoms with Gasteiger partial charge in [0, 0.05) is 26.7 Å². The smallest absolute Gasteiger partial charge is 0.171 e. The van der Waals surface area contributed by atoms with Gasteiger partial charge in [0.1, 0.15) is 5.65 Å². The van der Waals surface area contributed by atoms with E-state index in [0.29, 0.717) is 0 Å². The van der Waals surface area contributed by atoms with Gasteiger partial charge in [-0.25, -0.2) is 4.98 Å². The molecule has 0 aliphatic carbocycles. The first kappa shape index (κ1) is 25.9. The van der Waals surface area contributed by atoms with Crippen LogP contribution in [0.5, 0.6) is 0 Å². The Morgan fingerprint density at radius 3 is 1.82 bits per heavy atom. The molecule has 0 aliphatic heterocycles. The van der Waals surface area contributed by atoms with Crippen LogP contribution in [0, 0.1) is 0 Å². The fourth-order valence-electron chi connectivity index (χ4n) is 6.82. The van der Waals surface area contributed by atoms with Crippen molar-refractivity contribution in [2.75, 3.05) is 0 Å². The Bertz CT molecular complexity index is 2580. The van der Waals surface area contributed by atoms with Gasteiger partial charge in [0.15, 0.2) is 7.14 Å². The normalized spacial score (nSPS) is 12.1. The van der Waals surface area contributed by atoms with E-state index >= 15 is 0 Å². The van der Waals surface area contributed by atoms with Crippen molar-refractivity contribution in [3.63, 3.8) is 0 Å². The SMILES string of the molecule is O=P(c1ccccc1)(c1ccccc1)c1ccc2cc(-c3ccc4c5ccccc5n5c6ccccc6nc5c4c3)ccc2c1. The summed E-state index contributed by atoms with van der Waals surface area (Å²) >= 11 is 0. The summed E-state index contributed by atoms with van der Waals surface area (Å²) in [7, 11) is -3.04. The molecule has 0 fully saturated rings. The molecule has 7 aromatic carbocycles. The molecule has 0 amide bonds. The monoisotopic (exact) mass is 594 g/mol. The molecule has 0 N–H and O–H groups in total. The Hall–Kier alpha value is -5.50. The molecule has 0 unspecified atom stereocenters. The average molecular weight is 595 g/mol. The van der Waals surface area contributed by atoms with Gasteiger partial charge in [-0.3, -0.25) is 4.40 Å². The summed E-state index contributed by atoms with van der Waals surface area (Å²) < 4.78 is 17.2. The maximum absolute atomic E-state index is 14.9. The minimum Gasteiger partial charge on any atom is -0.309 e. The topological polar surface area (TPSA) is 34.4 Å². The maximum atomic E-state index is 14.9. The molecule has 0 radical (unpaired) electrons. The lowest BCUT2D eigenvalue weighted by Crippen LogP contribution is -2.24. The van der Waals surface area contributed by atoms with Crippen molar-refractivity contribution < 1.29 is 4.57 Å². The Morgan fingerprint density at radius 2 is 1.04 bits per heavy atom. The zero-order valence-electron chi connectivity index (χ0n) is 24.3. The minimum atomic E-state index is -3.04. The van der Waals surface area contributed by atoms with Crippen LogP contribution >= 0.6 is 7.14 Å². The molecule has 212 valence electrons. The van der Waals surface area contributed by atoms with Crippen LogP contribution in [0.4, 0.5) is 0 Å². The third kappa shape index (κ3) is 3.98. The first-order valence-electron chi connectivity index (χ1n) is 15.2. The fourth-order valence-corrected chi connectivity index (χ4v) is 9.51. The number of fused-ring (bicyclic) bond motifs is 9. The van der Waals surface area contributed by atoms with Crippen LogP contribution in [-0.4, -0.2) is 9.38 Å². The molecule has 45 heavy (non-hydrogen) atoms. The lowest BCUT2D eigenvalue weighted by atomic mass is 9.97. The molecule has 2 heterocycles. The van der Waals surface area contributed by atoms with Gasteiger partial charge in [-0.15, -0.1) is 0 Å². The molecular weight excluding hydrogens is 567 g/mol. The van der Waals surface area contributed by atoms with Gasteiger partial charge >= 0.3 is 0 Å². The second-order valence-corrected chi connectivity index (χ2v) is 14.3. The quantitative estimate of drug-likeness (QED) is 0.150. The number of nitrogens with zero attached hydrogens (tertiary/aromatic N) is 2. The predicted octanol–water partition coefficient (Wildman–Crippen LogP) is 9.25. The summed E-state index contributed by atoms with van der Waals surface area (Å²) in [5.74, 6) is 0. The standard InChI is InChI=1S/C41H27N2OP/c44-45(32-11-3-1-4-12-32,33-13-5-2-6-14-33)34-23-21-29-25-28(19-20-30(29)26-34)31-22-24-35-36-15-7-9-17-39(36)43-40-18-10-8-16-38(40)42-41(43)37(35)27-31/h1-27H. The number of para-hydroxylation sites is 3. The average Bonchev–Trinajstić information content (AvgIpc) is 3.52. The molecule has 9 rings (SSSR count). The number of imidazole rings is 1. The van der Waals surface area contributed by atoms with E-state index in [2.05, 4.69) is 95.4 Å². The highest BCUT2D eigenvalue weighted by atomic mass is 31.2. The molecule has 2 aromatic heterocycles. The van der Waals surface area contributed by atoms with E-state index in [1.54, 1.807) is 0 Å². The minimum absolute atomic E-state index is 0.839. The molecule has 0 saturated heterocycles. The van der Waals surface area contributed by atoms with E-state index in [1.165, 1.54) is 10.8 Å². The van der Waals surface area contributed by atoms with Crippen molar-refractivity contribution in [3.05, 3.63) is 164 Å². The first-order valence-corrected chi connectivity index (χ1v) is 16.9. The number of hydrogen-bond acceptors (Lipinski definition) is 2. The Balaban J connectivity index is 1.21. The molecule has 0 spiro atoms. The van der Waals surface area contributed by atoms with E-state index in [0.717, 1.165) is 65.4 Å². The van der Waals surface area contributed by atoms with Gasteiger partial charge in [-0.2, -0.15) is 0 Å². The lowest BCUT2D eigenvalue weighted by molar-refractivity contribution is 0.592. The summed E-state index contributed by atoms with van der Waals surface area (Å²) in [6.45, 7) is 0. The summed E-state index contributed by atoms with van der Waals surface area (Å²) in [6.07, 6.45) is 0. The highest BCUT2D eigenvalue weighted by Gasteiger charge is 2.29. The van der Waals surface area contributed by atoms with E-state index in [9.17, 15) is 4.57 Å². The van der Waals surface area contributed by atoms with Crippen LogP contribution in [0.15, 0.2) is 164 Å². The zero-order chi connectivity index (χ0) is 30.0. The van der Waals surface area contributed by atoms with Crippen LogP contribution in [0.25, 0.3) is 60.3 Å². The lowest BCUT2D eigenvalue weighted by Gasteiger charge is -2.20. The Morgan fingerprint density at radius 1 is 0.444 bits per heavy atom. The largest absolute Gasteiger partial charge is 0.309 e. The number of pyridine rings is 1.